The predicted molar refractivity (Wildman–Crippen MR) is 115 cm³/mol. The molecule has 0 bridgehead atoms. The fourth-order valence-corrected chi connectivity index (χ4v) is 2.49. The molecular weight excluding hydrogens is 404 g/mol. The summed E-state index contributed by atoms with van der Waals surface area (Å²) < 4.78 is 10.7. The summed E-state index contributed by atoms with van der Waals surface area (Å²) >= 11 is 5.79. The zero-order chi connectivity index (χ0) is 21.3. The summed E-state index contributed by atoms with van der Waals surface area (Å²) in [5.41, 5.74) is 4.66. The number of nitrogens with zero attached hydrogens (tertiary/aromatic N) is 1. The van der Waals surface area contributed by atoms with Crippen molar-refractivity contribution in [1.82, 2.24) is 5.43 Å². The van der Waals surface area contributed by atoms with Crippen LogP contribution in [0.3, 0.4) is 0 Å². The molecule has 6 nitrogen and oxygen atoms in total. The zero-order valence-corrected chi connectivity index (χ0v) is 16.9. The molecule has 0 aliphatic rings. The van der Waals surface area contributed by atoms with Gasteiger partial charge in [0, 0.05) is 5.02 Å². The lowest BCUT2D eigenvalue weighted by atomic mass is 10.1. The molecule has 0 aliphatic carbocycles. The summed E-state index contributed by atoms with van der Waals surface area (Å²) in [6, 6.07) is 20.6. The number of esters is 1. The van der Waals surface area contributed by atoms with Crippen LogP contribution in [0.5, 0.6) is 11.5 Å². The quantitative estimate of drug-likeness (QED) is 0.265. The van der Waals surface area contributed by atoms with Crippen molar-refractivity contribution in [2.24, 2.45) is 5.10 Å². The molecule has 0 spiro atoms. The van der Waals surface area contributed by atoms with E-state index < -0.39 is 11.9 Å². The predicted octanol–water partition coefficient (Wildman–Crippen LogP) is 4.40. The first-order valence-corrected chi connectivity index (χ1v) is 9.46. The molecule has 152 valence electrons. The molecule has 0 atom stereocenters. The Morgan fingerprint density at radius 3 is 2.23 bits per heavy atom. The largest absolute Gasteiger partial charge is 0.484 e. The van der Waals surface area contributed by atoms with E-state index in [4.69, 9.17) is 21.1 Å². The number of ether oxygens (including phenoxy) is 2. The normalized spacial score (nSPS) is 10.6. The molecular formula is C23H19ClN2O4. The molecule has 0 saturated heterocycles. The summed E-state index contributed by atoms with van der Waals surface area (Å²) in [6.45, 7) is 1.78. The van der Waals surface area contributed by atoms with E-state index in [0.717, 1.165) is 11.1 Å². The third-order valence-corrected chi connectivity index (χ3v) is 4.22. The first kappa shape index (κ1) is 21.1. The number of rotatable bonds is 7. The maximum absolute atomic E-state index is 12.1. The van der Waals surface area contributed by atoms with Gasteiger partial charge in [0.15, 0.2) is 6.61 Å². The topological polar surface area (TPSA) is 77.0 Å². The van der Waals surface area contributed by atoms with Crippen LogP contribution < -0.4 is 14.9 Å². The molecule has 1 amide bonds. The Morgan fingerprint density at radius 1 is 0.933 bits per heavy atom. The standard InChI is InChI=1S/C23H19ClN2O4/c1-16-2-6-18(7-3-16)23(28)30-21-10-4-17(5-11-21)14-25-26-22(27)15-29-20-12-8-19(24)9-13-20/h2-14H,15H2,1H3,(H,26,27). The molecule has 0 aliphatic heterocycles. The first-order chi connectivity index (χ1) is 14.5. The first-order valence-electron chi connectivity index (χ1n) is 9.09. The Labute approximate surface area is 179 Å². The summed E-state index contributed by atoms with van der Waals surface area (Å²) in [6.07, 6.45) is 1.48. The number of benzene rings is 3. The van der Waals surface area contributed by atoms with Crippen molar-refractivity contribution in [3.63, 3.8) is 0 Å². The molecule has 1 N–H and O–H groups in total. The van der Waals surface area contributed by atoms with Gasteiger partial charge in [-0.25, -0.2) is 10.2 Å². The molecule has 3 aromatic carbocycles. The van der Waals surface area contributed by atoms with Crippen LogP contribution in [0.15, 0.2) is 77.9 Å². The average molecular weight is 423 g/mol. The maximum Gasteiger partial charge on any atom is 0.343 e. The van der Waals surface area contributed by atoms with Crippen molar-refractivity contribution < 1.29 is 19.1 Å². The van der Waals surface area contributed by atoms with Gasteiger partial charge in [-0.05, 0) is 73.2 Å². The number of hydrogen-bond acceptors (Lipinski definition) is 5. The van der Waals surface area contributed by atoms with Crippen LogP contribution in [0.2, 0.25) is 5.02 Å². The van der Waals surface area contributed by atoms with Gasteiger partial charge in [-0.15, -0.1) is 0 Å². The van der Waals surface area contributed by atoms with Crippen LogP contribution in [0.4, 0.5) is 0 Å². The van der Waals surface area contributed by atoms with Crippen molar-refractivity contribution in [1.29, 1.82) is 0 Å². The lowest BCUT2D eigenvalue weighted by Gasteiger charge is -2.05. The van der Waals surface area contributed by atoms with E-state index in [2.05, 4.69) is 10.5 Å². The minimum Gasteiger partial charge on any atom is -0.484 e. The summed E-state index contributed by atoms with van der Waals surface area (Å²) in [4.78, 5) is 23.9. The number of carbonyl (C=O) groups is 2. The fourth-order valence-electron chi connectivity index (χ4n) is 2.37. The molecule has 0 saturated carbocycles. The van der Waals surface area contributed by atoms with Gasteiger partial charge in [0.05, 0.1) is 11.8 Å². The smallest absolute Gasteiger partial charge is 0.343 e. The number of nitrogens with one attached hydrogen (secondary N) is 1. The van der Waals surface area contributed by atoms with Crippen molar-refractivity contribution in [2.45, 2.75) is 6.92 Å². The van der Waals surface area contributed by atoms with E-state index in [0.29, 0.717) is 22.1 Å². The van der Waals surface area contributed by atoms with Crippen LogP contribution in [0.1, 0.15) is 21.5 Å². The molecule has 0 aromatic heterocycles. The third kappa shape index (κ3) is 6.46. The van der Waals surface area contributed by atoms with E-state index in [1.807, 2.05) is 19.1 Å². The van der Waals surface area contributed by atoms with E-state index in [1.165, 1.54) is 6.21 Å². The highest BCUT2D eigenvalue weighted by molar-refractivity contribution is 6.30. The number of halogens is 1. The van der Waals surface area contributed by atoms with Gasteiger partial charge in [-0.3, -0.25) is 4.79 Å². The number of amides is 1. The van der Waals surface area contributed by atoms with Gasteiger partial charge in [0.2, 0.25) is 0 Å². The van der Waals surface area contributed by atoms with Crippen LogP contribution in [-0.4, -0.2) is 24.7 Å². The lowest BCUT2D eigenvalue weighted by Crippen LogP contribution is -2.24. The monoisotopic (exact) mass is 422 g/mol. The van der Waals surface area contributed by atoms with Gasteiger partial charge in [0.1, 0.15) is 11.5 Å². The third-order valence-electron chi connectivity index (χ3n) is 3.96. The summed E-state index contributed by atoms with van der Waals surface area (Å²) in [7, 11) is 0. The molecule has 7 heteroatoms. The molecule has 0 unspecified atom stereocenters. The Balaban J connectivity index is 1.45. The van der Waals surface area contributed by atoms with Crippen molar-refractivity contribution >= 4 is 29.7 Å². The Bertz CT molecular complexity index is 1030. The number of carbonyl (C=O) groups excluding carboxylic acids is 2. The minimum atomic E-state index is -0.427. The summed E-state index contributed by atoms with van der Waals surface area (Å²) in [5.74, 6) is 0.127. The second-order valence-electron chi connectivity index (χ2n) is 6.36. The lowest BCUT2D eigenvalue weighted by molar-refractivity contribution is -0.123. The number of aryl methyl sites for hydroxylation is 1. The molecule has 3 aromatic rings. The van der Waals surface area contributed by atoms with Crippen LogP contribution in [0.25, 0.3) is 0 Å². The molecule has 0 radical (unpaired) electrons. The second-order valence-corrected chi connectivity index (χ2v) is 6.80. The maximum atomic E-state index is 12.1. The van der Waals surface area contributed by atoms with Gasteiger partial charge < -0.3 is 9.47 Å². The number of hydrazone groups is 1. The molecule has 30 heavy (non-hydrogen) atoms. The molecule has 0 heterocycles. The van der Waals surface area contributed by atoms with Crippen molar-refractivity contribution in [3.05, 3.63) is 94.5 Å². The van der Waals surface area contributed by atoms with Crippen LogP contribution in [-0.2, 0) is 4.79 Å². The Hall–Kier alpha value is -3.64. The molecule has 3 rings (SSSR count). The van der Waals surface area contributed by atoms with Crippen molar-refractivity contribution in [3.8, 4) is 11.5 Å². The average Bonchev–Trinajstić information content (AvgIpc) is 2.75. The SMILES string of the molecule is Cc1ccc(C(=O)Oc2ccc(C=NNC(=O)COc3ccc(Cl)cc3)cc2)cc1. The highest BCUT2D eigenvalue weighted by Crippen LogP contribution is 2.15. The van der Waals surface area contributed by atoms with E-state index in [1.54, 1.807) is 60.7 Å². The van der Waals surface area contributed by atoms with Gasteiger partial charge in [-0.1, -0.05) is 29.3 Å². The second kappa shape index (κ2) is 10.2. The molecule has 0 fully saturated rings. The fraction of sp³-hybridized carbons (Fsp3) is 0.0870. The highest BCUT2D eigenvalue weighted by Gasteiger charge is 2.08. The van der Waals surface area contributed by atoms with Gasteiger partial charge in [0.25, 0.3) is 5.91 Å². The van der Waals surface area contributed by atoms with Gasteiger partial charge in [-0.2, -0.15) is 5.10 Å². The Kier molecular flexibility index (Phi) is 7.19. The van der Waals surface area contributed by atoms with Crippen LogP contribution in [0, 0.1) is 6.92 Å². The Morgan fingerprint density at radius 2 is 1.57 bits per heavy atom. The minimum absolute atomic E-state index is 0.174. The van der Waals surface area contributed by atoms with Crippen molar-refractivity contribution in [2.75, 3.05) is 6.61 Å². The highest BCUT2D eigenvalue weighted by atomic mass is 35.5. The van der Waals surface area contributed by atoms with E-state index >= 15 is 0 Å². The van der Waals surface area contributed by atoms with Gasteiger partial charge >= 0.3 is 5.97 Å². The number of hydrogen-bond donors (Lipinski definition) is 1. The van der Waals surface area contributed by atoms with E-state index in [9.17, 15) is 9.59 Å². The summed E-state index contributed by atoms with van der Waals surface area (Å²) in [5, 5.41) is 4.47. The zero-order valence-electron chi connectivity index (χ0n) is 16.2. The van der Waals surface area contributed by atoms with E-state index in [-0.39, 0.29) is 6.61 Å². The van der Waals surface area contributed by atoms with Crippen LogP contribution >= 0.6 is 11.6 Å².